The van der Waals surface area contributed by atoms with Crippen LogP contribution in [0.4, 0.5) is 0 Å². The second-order valence-corrected chi connectivity index (χ2v) is 6.29. The largest absolute Gasteiger partial charge is 0.466 e. The van der Waals surface area contributed by atoms with Crippen molar-refractivity contribution in [3.63, 3.8) is 0 Å². The number of rotatable bonds is 5. The summed E-state index contributed by atoms with van der Waals surface area (Å²) >= 11 is 0. The molecule has 6 atom stereocenters. The van der Waals surface area contributed by atoms with Gasteiger partial charge in [-0.25, -0.2) is 0 Å². The van der Waals surface area contributed by atoms with E-state index in [1.165, 1.54) is 20.8 Å². The lowest BCUT2D eigenvalue weighted by atomic mass is 9.56. The Balaban J connectivity index is 2.12. The Hall–Kier alpha value is -1.63. The van der Waals surface area contributed by atoms with Crippen molar-refractivity contribution in [3.05, 3.63) is 0 Å². The molecule has 0 radical (unpaired) electrons. The highest BCUT2D eigenvalue weighted by Crippen LogP contribution is 2.51. The summed E-state index contributed by atoms with van der Waals surface area (Å²) in [5.41, 5.74) is 0. The van der Waals surface area contributed by atoms with E-state index in [0.29, 0.717) is 18.9 Å². The average molecular weight is 328 g/mol. The van der Waals surface area contributed by atoms with Crippen molar-refractivity contribution in [1.29, 1.82) is 0 Å². The fourth-order valence-electron chi connectivity index (χ4n) is 3.90. The minimum absolute atomic E-state index is 0.121. The first-order valence-corrected chi connectivity index (χ1v) is 7.84. The van der Waals surface area contributed by atoms with Crippen LogP contribution in [0.3, 0.4) is 0 Å². The number of hydrogen-bond acceptors (Lipinski definition) is 7. The van der Waals surface area contributed by atoms with Crippen molar-refractivity contribution in [2.24, 2.45) is 17.8 Å². The van der Waals surface area contributed by atoms with Crippen LogP contribution in [0, 0.1) is 17.8 Å². The van der Waals surface area contributed by atoms with Gasteiger partial charge in [0.25, 0.3) is 0 Å². The number of hydrogen-bond donors (Lipinski definition) is 0. The lowest BCUT2D eigenvalue weighted by Gasteiger charge is -2.54. The first kappa shape index (κ1) is 17.7. The van der Waals surface area contributed by atoms with Crippen LogP contribution in [0.15, 0.2) is 0 Å². The molecule has 130 valence electrons. The summed E-state index contributed by atoms with van der Waals surface area (Å²) in [5, 5.41) is 0. The van der Waals surface area contributed by atoms with Crippen LogP contribution >= 0.6 is 0 Å². The smallest absolute Gasteiger partial charge is 0.303 e. The topological polar surface area (TPSA) is 88.1 Å². The van der Waals surface area contributed by atoms with Gasteiger partial charge in [0.05, 0.1) is 6.61 Å². The molecule has 7 nitrogen and oxygen atoms in total. The second-order valence-electron chi connectivity index (χ2n) is 6.29. The third-order valence-electron chi connectivity index (χ3n) is 4.69. The van der Waals surface area contributed by atoms with Crippen LogP contribution in [0.2, 0.25) is 0 Å². The molecule has 0 heterocycles. The SMILES string of the molecule is CO[C@@H]1[C@H](OC(C)=O)[C@H](OC(C)=O)C[C@@H]2C[C@H](COC(C)=O)[C@@H]21. The quantitative estimate of drug-likeness (QED) is 0.551. The van der Waals surface area contributed by atoms with Crippen molar-refractivity contribution in [2.75, 3.05) is 13.7 Å². The van der Waals surface area contributed by atoms with E-state index in [1.54, 1.807) is 7.11 Å². The molecule has 2 aliphatic carbocycles. The van der Waals surface area contributed by atoms with Gasteiger partial charge in [-0.15, -0.1) is 0 Å². The molecule has 7 heteroatoms. The van der Waals surface area contributed by atoms with E-state index in [1.807, 2.05) is 0 Å². The average Bonchev–Trinajstić information content (AvgIpc) is 2.42. The lowest BCUT2D eigenvalue weighted by molar-refractivity contribution is -0.221. The summed E-state index contributed by atoms with van der Waals surface area (Å²) in [7, 11) is 1.55. The summed E-state index contributed by atoms with van der Waals surface area (Å²) < 4.78 is 21.4. The Labute approximate surface area is 135 Å². The van der Waals surface area contributed by atoms with Crippen LogP contribution in [0.1, 0.15) is 33.6 Å². The Morgan fingerprint density at radius 3 is 2.09 bits per heavy atom. The molecule has 0 aliphatic heterocycles. The standard InChI is InChI=1S/C16H24O7/c1-8(17)21-7-12-5-11-6-13(22-9(2)18)15(23-10(3)19)16(20-4)14(11)12/h11-16H,5-7H2,1-4H3/t11-,12+,13+,14+,15+,16-/m0/s1. The maximum absolute atomic E-state index is 11.4. The molecule has 0 amide bonds. The Kier molecular flexibility index (Phi) is 5.62. The number of fused-ring (bicyclic) bond motifs is 1. The second kappa shape index (κ2) is 7.29. The van der Waals surface area contributed by atoms with Crippen molar-refractivity contribution in [1.82, 2.24) is 0 Å². The Bertz CT molecular complexity index is 475. The molecule has 2 fully saturated rings. The third kappa shape index (κ3) is 4.02. The van der Waals surface area contributed by atoms with E-state index in [0.717, 1.165) is 6.42 Å². The fraction of sp³-hybridized carbons (Fsp3) is 0.812. The lowest BCUT2D eigenvalue weighted by Crippen LogP contribution is -2.61. The van der Waals surface area contributed by atoms with Gasteiger partial charge in [0.15, 0.2) is 6.10 Å². The highest BCUT2D eigenvalue weighted by Gasteiger charge is 2.56. The van der Waals surface area contributed by atoms with Gasteiger partial charge in [0, 0.05) is 27.9 Å². The molecule has 0 N–H and O–H groups in total. The number of carbonyl (C=O) groups is 3. The molecule has 0 aromatic carbocycles. The maximum Gasteiger partial charge on any atom is 0.303 e. The fourth-order valence-corrected chi connectivity index (χ4v) is 3.90. The van der Waals surface area contributed by atoms with Gasteiger partial charge in [-0.3, -0.25) is 14.4 Å². The minimum atomic E-state index is -0.636. The van der Waals surface area contributed by atoms with Crippen molar-refractivity contribution in [3.8, 4) is 0 Å². The van der Waals surface area contributed by atoms with Gasteiger partial charge in [-0.2, -0.15) is 0 Å². The van der Waals surface area contributed by atoms with Gasteiger partial charge in [-0.1, -0.05) is 0 Å². The van der Waals surface area contributed by atoms with E-state index < -0.39 is 24.1 Å². The maximum atomic E-state index is 11.4. The van der Waals surface area contributed by atoms with Crippen LogP contribution in [0.5, 0.6) is 0 Å². The highest BCUT2D eigenvalue weighted by atomic mass is 16.6. The predicted molar refractivity (Wildman–Crippen MR) is 78.2 cm³/mol. The zero-order chi connectivity index (χ0) is 17.1. The Morgan fingerprint density at radius 1 is 0.913 bits per heavy atom. The van der Waals surface area contributed by atoms with E-state index in [-0.39, 0.29) is 23.9 Å². The van der Waals surface area contributed by atoms with Gasteiger partial charge in [-0.05, 0) is 30.6 Å². The molecule has 2 saturated carbocycles. The number of ether oxygens (including phenoxy) is 4. The van der Waals surface area contributed by atoms with E-state index in [9.17, 15) is 14.4 Å². The van der Waals surface area contributed by atoms with Gasteiger partial charge in [0.1, 0.15) is 12.2 Å². The zero-order valence-corrected chi connectivity index (χ0v) is 13.9. The molecule has 2 aliphatic rings. The van der Waals surface area contributed by atoms with Crippen LogP contribution in [-0.2, 0) is 33.3 Å². The molecule has 0 unspecified atom stereocenters. The molecule has 0 aromatic rings. The van der Waals surface area contributed by atoms with Crippen molar-refractivity contribution >= 4 is 17.9 Å². The molecule has 0 saturated heterocycles. The van der Waals surface area contributed by atoms with E-state index in [4.69, 9.17) is 18.9 Å². The summed E-state index contributed by atoms with van der Waals surface area (Å²) in [6.45, 7) is 4.37. The number of esters is 3. The molecule has 2 rings (SSSR count). The van der Waals surface area contributed by atoms with Crippen LogP contribution in [-0.4, -0.2) is 49.9 Å². The van der Waals surface area contributed by atoms with Crippen molar-refractivity contribution < 1.29 is 33.3 Å². The first-order chi connectivity index (χ1) is 10.8. The van der Waals surface area contributed by atoms with Gasteiger partial charge < -0.3 is 18.9 Å². The molecule has 23 heavy (non-hydrogen) atoms. The predicted octanol–water partition coefficient (Wildman–Crippen LogP) is 1.08. The molecule has 0 aromatic heterocycles. The van der Waals surface area contributed by atoms with Crippen LogP contribution < -0.4 is 0 Å². The summed E-state index contributed by atoms with van der Waals surface area (Å²) in [6, 6.07) is 0. The summed E-state index contributed by atoms with van der Waals surface area (Å²) in [5.74, 6) is -0.565. The summed E-state index contributed by atoms with van der Waals surface area (Å²) in [4.78, 5) is 33.7. The third-order valence-corrected chi connectivity index (χ3v) is 4.69. The summed E-state index contributed by atoms with van der Waals surface area (Å²) in [6.07, 6.45) is -0.0163. The highest BCUT2D eigenvalue weighted by molar-refractivity contribution is 5.67. The normalized spacial score (nSPS) is 35.5. The first-order valence-electron chi connectivity index (χ1n) is 7.84. The van der Waals surface area contributed by atoms with Crippen molar-refractivity contribution in [2.45, 2.75) is 51.9 Å². The van der Waals surface area contributed by atoms with Crippen LogP contribution in [0.25, 0.3) is 0 Å². The molecular formula is C16H24O7. The number of methoxy groups -OCH3 is 1. The molecular weight excluding hydrogens is 304 g/mol. The molecule has 0 bridgehead atoms. The molecule has 0 spiro atoms. The number of carbonyl (C=O) groups excluding carboxylic acids is 3. The van der Waals surface area contributed by atoms with Gasteiger partial charge in [0.2, 0.25) is 0 Å². The van der Waals surface area contributed by atoms with E-state index >= 15 is 0 Å². The monoisotopic (exact) mass is 328 g/mol. The zero-order valence-electron chi connectivity index (χ0n) is 13.9. The van der Waals surface area contributed by atoms with E-state index in [2.05, 4.69) is 0 Å². The minimum Gasteiger partial charge on any atom is -0.466 e. The van der Waals surface area contributed by atoms with Gasteiger partial charge >= 0.3 is 17.9 Å². The Morgan fingerprint density at radius 2 is 1.57 bits per heavy atom.